The summed E-state index contributed by atoms with van der Waals surface area (Å²) in [6.45, 7) is 0.763. The third kappa shape index (κ3) is 3.98. The van der Waals surface area contributed by atoms with Gasteiger partial charge in [0.05, 0.1) is 24.1 Å². The number of β-amino-alcohol motifs (C(OH)–C–C–N with tert-alkyl or cyclic N) is 1. The molecule has 2 amide bonds. The van der Waals surface area contributed by atoms with E-state index in [0.29, 0.717) is 24.9 Å². The van der Waals surface area contributed by atoms with Crippen molar-refractivity contribution in [2.75, 3.05) is 13.1 Å². The van der Waals surface area contributed by atoms with Crippen molar-refractivity contribution in [2.24, 2.45) is 0 Å². The Balaban J connectivity index is 1.53. The van der Waals surface area contributed by atoms with Crippen molar-refractivity contribution in [3.8, 4) is 0 Å². The minimum atomic E-state index is -0.772. The zero-order chi connectivity index (χ0) is 16.9. The molecule has 3 heterocycles. The fourth-order valence-electron chi connectivity index (χ4n) is 2.75. The van der Waals surface area contributed by atoms with Crippen molar-refractivity contribution in [2.45, 2.75) is 25.0 Å². The molecule has 2 aromatic heterocycles. The Kier molecular flexibility index (Phi) is 5.22. The first kappa shape index (κ1) is 16.6. The van der Waals surface area contributed by atoms with Crippen molar-refractivity contribution < 1.29 is 14.7 Å². The Labute approximate surface area is 144 Å². The second-order valence-electron chi connectivity index (χ2n) is 5.83. The van der Waals surface area contributed by atoms with Crippen molar-refractivity contribution in [3.63, 3.8) is 0 Å². The summed E-state index contributed by atoms with van der Waals surface area (Å²) in [6, 6.07) is 4.94. The summed E-state index contributed by atoms with van der Waals surface area (Å²) in [4.78, 5) is 30.0. The van der Waals surface area contributed by atoms with Gasteiger partial charge in [0.2, 0.25) is 5.91 Å². The maximum Gasteiger partial charge on any atom is 0.253 e. The number of hydrogen-bond acceptors (Lipinski definition) is 5. The fraction of sp³-hybridized carbons (Fsp3) is 0.353. The first-order valence-corrected chi connectivity index (χ1v) is 8.75. The molecule has 24 heavy (non-hydrogen) atoms. The standard InChI is InChI=1S/C17H19N3O3S/c21-15-10-20(16(22)8-12-4-7-24-11-12)6-3-14(15)19-17(23)13-2-1-5-18-9-13/h1-2,4-5,7,9,11,14-15,21H,3,6,8,10H2,(H,19,23). The van der Waals surface area contributed by atoms with Crippen molar-refractivity contribution >= 4 is 23.2 Å². The lowest BCUT2D eigenvalue weighted by Crippen LogP contribution is -2.55. The first-order valence-electron chi connectivity index (χ1n) is 7.81. The lowest BCUT2D eigenvalue weighted by atomic mass is 10.0. The van der Waals surface area contributed by atoms with Crippen LogP contribution in [-0.2, 0) is 11.2 Å². The molecular formula is C17H19N3O3S. The van der Waals surface area contributed by atoms with Crippen molar-refractivity contribution in [1.82, 2.24) is 15.2 Å². The Hall–Kier alpha value is -2.25. The maximum absolute atomic E-state index is 12.3. The number of likely N-dealkylation sites (tertiary alicyclic amines) is 1. The van der Waals surface area contributed by atoms with E-state index >= 15 is 0 Å². The second kappa shape index (κ2) is 7.55. The van der Waals surface area contributed by atoms with Gasteiger partial charge in [0.25, 0.3) is 5.91 Å². The number of aromatic nitrogens is 1. The molecule has 126 valence electrons. The lowest BCUT2D eigenvalue weighted by Gasteiger charge is -2.36. The average Bonchev–Trinajstić information content (AvgIpc) is 3.10. The number of aliphatic hydroxyl groups is 1. The van der Waals surface area contributed by atoms with Crippen LogP contribution in [0.15, 0.2) is 41.4 Å². The van der Waals surface area contributed by atoms with Crippen LogP contribution in [0.4, 0.5) is 0 Å². The summed E-state index contributed by atoms with van der Waals surface area (Å²) >= 11 is 1.56. The van der Waals surface area contributed by atoms with Crippen LogP contribution >= 0.6 is 11.3 Å². The molecule has 2 atom stereocenters. The Morgan fingerprint density at radius 2 is 2.29 bits per heavy atom. The van der Waals surface area contributed by atoms with Gasteiger partial charge in [-0.05, 0) is 40.9 Å². The van der Waals surface area contributed by atoms with E-state index in [-0.39, 0.29) is 24.4 Å². The summed E-state index contributed by atoms with van der Waals surface area (Å²) in [6.07, 6.45) is 3.20. The topological polar surface area (TPSA) is 82.5 Å². The number of carbonyl (C=O) groups is 2. The third-order valence-electron chi connectivity index (χ3n) is 4.11. The Bertz CT molecular complexity index is 690. The molecule has 1 aliphatic rings. The highest BCUT2D eigenvalue weighted by Gasteiger charge is 2.31. The molecule has 0 bridgehead atoms. The molecule has 3 rings (SSSR count). The number of nitrogens with zero attached hydrogens (tertiary/aromatic N) is 2. The zero-order valence-electron chi connectivity index (χ0n) is 13.1. The monoisotopic (exact) mass is 345 g/mol. The summed E-state index contributed by atoms with van der Waals surface area (Å²) in [5, 5.41) is 17.0. The highest BCUT2D eigenvalue weighted by Crippen LogP contribution is 2.15. The largest absolute Gasteiger partial charge is 0.389 e. The molecule has 0 aromatic carbocycles. The van der Waals surface area contributed by atoms with Crippen LogP contribution in [-0.4, -0.2) is 52.0 Å². The van der Waals surface area contributed by atoms with Gasteiger partial charge in [-0.3, -0.25) is 14.6 Å². The van der Waals surface area contributed by atoms with E-state index in [4.69, 9.17) is 0 Å². The predicted octanol–water partition coefficient (Wildman–Crippen LogP) is 1.08. The molecule has 6 nitrogen and oxygen atoms in total. The molecule has 0 radical (unpaired) electrons. The molecule has 0 aliphatic carbocycles. The molecule has 2 unspecified atom stereocenters. The van der Waals surface area contributed by atoms with E-state index in [0.717, 1.165) is 5.56 Å². The number of pyridine rings is 1. The predicted molar refractivity (Wildman–Crippen MR) is 90.7 cm³/mol. The van der Waals surface area contributed by atoms with E-state index < -0.39 is 6.10 Å². The van der Waals surface area contributed by atoms with Gasteiger partial charge < -0.3 is 15.3 Å². The molecule has 1 fully saturated rings. The molecule has 7 heteroatoms. The molecule has 1 saturated heterocycles. The van der Waals surface area contributed by atoms with Crippen LogP contribution in [0.2, 0.25) is 0 Å². The number of nitrogens with one attached hydrogen (secondary N) is 1. The number of hydrogen-bond donors (Lipinski definition) is 2. The van der Waals surface area contributed by atoms with E-state index in [1.54, 1.807) is 34.6 Å². The first-order chi connectivity index (χ1) is 11.6. The minimum absolute atomic E-state index is 0.00415. The van der Waals surface area contributed by atoms with Gasteiger partial charge in [-0.1, -0.05) is 0 Å². The van der Waals surface area contributed by atoms with E-state index in [1.807, 2.05) is 16.8 Å². The number of piperidine rings is 1. The van der Waals surface area contributed by atoms with E-state index in [9.17, 15) is 14.7 Å². The van der Waals surface area contributed by atoms with Gasteiger partial charge >= 0.3 is 0 Å². The van der Waals surface area contributed by atoms with Crippen LogP contribution in [0.1, 0.15) is 22.3 Å². The highest BCUT2D eigenvalue weighted by molar-refractivity contribution is 7.08. The Morgan fingerprint density at radius 3 is 2.96 bits per heavy atom. The molecule has 0 spiro atoms. The SMILES string of the molecule is O=C(NC1CCN(C(=O)Cc2ccsc2)CC1O)c1cccnc1. The van der Waals surface area contributed by atoms with Gasteiger partial charge in [0, 0.05) is 25.5 Å². The van der Waals surface area contributed by atoms with Crippen molar-refractivity contribution in [3.05, 3.63) is 52.5 Å². The third-order valence-corrected chi connectivity index (χ3v) is 4.84. The highest BCUT2D eigenvalue weighted by atomic mass is 32.1. The lowest BCUT2D eigenvalue weighted by molar-refractivity contribution is -0.134. The number of thiophene rings is 1. The normalized spacial score (nSPS) is 20.6. The molecule has 2 aromatic rings. The molecule has 1 aliphatic heterocycles. The quantitative estimate of drug-likeness (QED) is 0.869. The number of aliphatic hydroxyl groups excluding tert-OH is 1. The number of rotatable bonds is 4. The van der Waals surface area contributed by atoms with Gasteiger partial charge in [0.1, 0.15) is 0 Å². The van der Waals surface area contributed by atoms with Crippen LogP contribution in [0.5, 0.6) is 0 Å². The number of carbonyl (C=O) groups excluding carboxylic acids is 2. The van der Waals surface area contributed by atoms with Gasteiger partial charge in [0.15, 0.2) is 0 Å². The van der Waals surface area contributed by atoms with Crippen LogP contribution < -0.4 is 5.32 Å². The van der Waals surface area contributed by atoms with Gasteiger partial charge in [-0.2, -0.15) is 11.3 Å². The molecular weight excluding hydrogens is 326 g/mol. The zero-order valence-corrected chi connectivity index (χ0v) is 13.9. The maximum atomic E-state index is 12.3. The van der Waals surface area contributed by atoms with Crippen molar-refractivity contribution in [1.29, 1.82) is 0 Å². The summed E-state index contributed by atoms with van der Waals surface area (Å²) < 4.78 is 0. The van der Waals surface area contributed by atoms with E-state index in [2.05, 4.69) is 10.3 Å². The second-order valence-corrected chi connectivity index (χ2v) is 6.61. The summed E-state index contributed by atoms with van der Waals surface area (Å²) in [5.41, 5.74) is 1.45. The molecule has 2 N–H and O–H groups in total. The Morgan fingerprint density at radius 1 is 1.42 bits per heavy atom. The van der Waals surface area contributed by atoms with Crippen LogP contribution in [0.3, 0.4) is 0 Å². The minimum Gasteiger partial charge on any atom is -0.389 e. The summed E-state index contributed by atoms with van der Waals surface area (Å²) in [5.74, 6) is -0.255. The van der Waals surface area contributed by atoms with E-state index in [1.165, 1.54) is 6.20 Å². The van der Waals surface area contributed by atoms with Gasteiger partial charge in [-0.15, -0.1) is 0 Å². The fourth-order valence-corrected chi connectivity index (χ4v) is 3.42. The average molecular weight is 345 g/mol. The van der Waals surface area contributed by atoms with Crippen LogP contribution in [0.25, 0.3) is 0 Å². The number of amides is 2. The molecule has 0 saturated carbocycles. The van der Waals surface area contributed by atoms with Gasteiger partial charge in [-0.25, -0.2) is 0 Å². The van der Waals surface area contributed by atoms with Crippen LogP contribution in [0, 0.1) is 0 Å². The summed E-state index contributed by atoms with van der Waals surface area (Å²) in [7, 11) is 0. The smallest absolute Gasteiger partial charge is 0.253 e.